The van der Waals surface area contributed by atoms with Gasteiger partial charge in [-0.15, -0.1) is 24.0 Å². The molecule has 2 aromatic rings. The standard InChI is InChI=1S/C9H4ClNS2/c10-7-3-8(12)9-5(1-2-13-9)6(7)4-11/h1-3,12H. The summed E-state index contributed by atoms with van der Waals surface area (Å²) in [5, 5.41) is 12.2. The molecule has 0 spiro atoms. The molecule has 13 heavy (non-hydrogen) atoms. The van der Waals surface area contributed by atoms with Crippen LogP contribution in [-0.2, 0) is 0 Å². The molecule has 0 N–H and O–H groups in total. The number of rotatable bonds is 0. The van der Waals surface area contributed by atoms with Crippen molar-refractivity contribution in [1.29, 1.82) is 5.26 Å². The Morgan fingerprint density at radius 1 is 1.54 bits per heavy atom. The van der Waals surface area contributed by atoms with Crippen LogP contribution in [0.5, 0.6) is 0 Å². The van der Waals surface area contributed by atoms with Crippen molar-refractivity contribution in [1.82, 2.24) is 0 Å². The first kappa shape index (κ1) is 8.89. The maximum absolute atomic E-state index is 8.87. The van der Waals surface area contributed by atoms with Gasteiger partial charge >= 0.3 is 0 Å². The van der Waals surface area contributed by atoms with Crippen molar-refractivity contribution < 1.29 is 0 Å². The van der Waals surface area contributed by atoms with Gasteiger partial charge in [0.2, 0.25) is 0 Å². The molecule has 1 aromatic carbocycles. The summed E-state index contributed by atoms with van der Waals surface area (Å²) in [7, 11) is 0. The van der Waals surface area contributed by atoms with Crippen LogP contribution < -0.4 is 0 Å². The lowest BCUT2D eigenvalue weighted by molar-refractivity contribution is 1.49. The van der Waals surface area contributed by atoms with Crippen molar-refractivity contribution in [3.63, 3.8) is 0 Å². The fourth-order valence-electron chi connectivity index (χ4n) is 1.20. The molecular formula is C9H4ClNS2. The third kappa shape index (κ3) is 1.31. The Morgan fingerprint density at radius 3 is 3.00 bits per heavy atom. The van der Waals surface area contributed by atoms with Gasteiger partial charge in [0.15, 0.2) is 0 Å². The number of hydrogen-bond donors (Lipinski definition) is 1. The van der Waals surface area contributed by atoms with Crippen molar-refractivity contribution in [2.75, 3.05) is 0 Å². The van der Waals surface area contributed by atoms with Crippen molar-refractivity contribution >= 4 is 45.7 Å². The highest BCUT2D eigenvalue weighted by molar-refractivity contribution is 7.80. The van der Waals surface area contributed by atoms with E-state index in [1.54, 1.807) is 17.4 Å². The Balaban J connectivity index is 2.99. The van der Waals surface area contributed by atoms with E-state index in [4.69, 9.17) is 16.9 Å². The van der Waals surface area contributed by atoms with Crippen molar-refractivity contribution in [2.24, 2.45) is 0 Å². The minimum atomic E-state index is 0.471. The smallest absolute Gasteiger partial charge is 0.101 e. The maximum Gasteiger partial charge on any atom is 0.101 e. The molecule has 0 atom stereocenters. The van der Waals surface area contributed by atoms with Crippen LogP contribution in [0.2, 0.25) is 5.02 Å². The fraction of sp³-hybridized carbons (Fsp3) is 0. The topological polar surface area (TPSA) is 23.8 Å². The van der Waals surface area contributed by atoms with E-state index >= 15 is 0 Å². The molecule has 0 amide bonds. The molecule has 4 heteroatoms. The van der Waals surface area contributed by atoms with Crippen LogP contribution in [0.3, 0.4) is 0 Å². The van der Waals surface area contributed by atoms with Gasteiger partial charge < -0.3 is 0 Å². The Kier molecular flexibility index (Phi) is 2.20. The van der Waals surface area contributed by atoms with Gasteiger partial charge in [-0.2, -0.15) is 5.26 Å². The quantitative estimate of drug-likeness (QED) is 0.679. The second-order valence-corrected chi connectivity index (χ2v) is 4.33. The molecule has 64 valence electrons. The van der Waals surface area contributed by atoms with Crippen LogP contribution in [0, 0.1) is 11.3 Å². The molecule has 0 saturated heterocycles. The first-order chi connectivity index (χ1) is 6.24. The van der Waals surface area contributed by atoms with E-state index in [-0.39, 0.29) is 0 Å². The second-order valence-electron chi connectivity index (χ2n) is 2.53. The molecule has 0 unspecified atom stereocenters. The Morgan fingerprint density at radius 2 is 2.31 bits per heavy atom. The van der Waals surface area contributed by atoms with Gasteiger partial charge in [0.1, 0.15) is 6.07 Å². The van der Waals surface area contributed by atoms with Gasteiger partial charge in [-0.1, -0.05) is 11.6 Å². The Hall–Kier alpha value is -0.690. The lowest BCUT2D eigenvalue weighted by Gasteiger charge is -1.99. The van der Waals surface area contributed by atoms with Gasteiger partial charge in [0.25, 0.3) is 0 Å². The molecule has 1 aromatic heterocycles. The summed E-state index contributed by atoms with van der Waals surface area (Å²) in [6.07, 6.45) is 0. The lowest BCUT2D eigenvalue weighted by atomic mass is 10.1. The molecule has 0 aliphatic carbocycles. The Bertz CT molecular complexity index is 510. The predicted molar refractivity (Wildman–Crippen MR) is 58.8 cm³/mol. The number of halogens is 1. The second kappa shape index (κ2) is 3.22. The van der Waals surface area contributed by atoms with E-state index in [9.17, 15) is 0 Å². The van der Waals surface area contributed by atoms with Crippen LogP contribution in [0.25, 0.3) is 10.1 Å². The molecule has 0 bridgehead atoms. The summed E-state index contributed by atoms with van der Waals surface area (Å²) in [4.78, 5) is 0.828. The molecule has 1 nitrogen and oxygen atoms in total. The number of thiophene rings is 1. The molecule has 2 rings (SSSR count). The van der Waals surface area contributed by atoms with E-state index in [1.807, 2.05) is 11.4 Å². The molecule has 0 radical (unpaired) electrons. The largest absolute Gasteiger partial charge is 0.192 e. The van der Waals surface area contributed by atoms with E-state index < -0.39 is 0 Å². The number of thiol groups is 1. The zero-order valence-electron chi connectivity index (χ0n) is 6.41. The van der Waals surface area contributed by atoms with Gasteiger partial charge in [0, 0.05) is 15.0 Å². The fourth-order valence-corrected chi connectivity index (χ4v) is 2.76. The number of benzene rings is 1. The molecule has 0 saturated carbocycles. The Labute approximate surface area is 90.0 Å². The number of nitrogens with zero attached hydrogens (tertiary/aromatic N) is 1. The van der Waals surface area contributed by atoms with Crippen LogP contribution in [0.15, 0.2) is 22.4 Å². The number of hydrogen-bond acceptors (Lipinski definition) is 3. The summed E-state index contributed by atoms with van der Waals surface area (Å²) in [5.41, 5.74) is 0.538. The predicted octanol–water partition coefficient (Wildman–Crippen LogP) is 3.72. The van der Waals surface area contributed by atoms with Crippen LogP contribution in [0.4, 0.5) is 0 Å². The maximum atomic E-state index is 8.87. The zero-order valence-corrected chi connectivity index (χ0v) is 8.88. The highest BCUT2D eigenvalue weighted by Crippen LogP contribution is 2.34. The third-order valence-corrected chi connectivity index (χ3v) is 3.53. The van der Waals surface area contributed by atoms with Crippen LogP contribution in [-0.4, -0.2) is 0 Å². The number of nitriles is 1. The normalized spacial score (nSPS) is 10.2. The average Bonchev–Trinajstić information content (AvgIpc) is 2.53. The van der Waals surface area contributed by atoms with E-state index in [1.165, 1.54) is 0 Å². The van der Waals surface area contributed by atoms with Gasteiger partial charge in [0.05, 0.1) is 10.6 Å². The van der Waals surface area contributed by atoms with Gasteiger partial charge in [-0.25, -0.2) is 0 Å². The minimum absolute atomic E-state index is 0.471. The highest BCUT2D eigenvalue weighted by atomic mass is 35.5. The monoisotopic (exact) mass is 225 g/mol. The van der Waals surface area contributed by atoms with Gasteiger partial charge in [-0.3, -0.25) is 0 Å². The molecule has 0 aliphatic rings. The summed E-state index contributed by atoms with van der Waals surface area (Å²) < 4.78 is 1.02. The molecule has 1 heterocycles. The molecule has 0 aliphatic heterocycles. The van der Waals surface area contributed by atoms with Gasteiger partial charge in [-0.05, 0) is 17.5 Å². The summed E-state index contributed by atoms with van der Waals surface area (Å²) in [5.74, 6) is 0. The van der Waals surface area contributed by atoms with Crippen molar-refractivity contribution in [2.45, 2.75) is 4.90 Å². The zero-order chi connectivity index (χ0) is 9.42. The highest BCUT2D eigenvalue weighted by Gasteiger charge is 2.09. The van der Waals surface area contributed by atoms with Crippen LogP contribution in [0.1, 0.15) is 5.56 Å². The summed E-state index contributed by atoms with van der Waals surface area (Å²) in [6.45, 7) is 0. The van der Waals surface area contributed by atoms with Crippen molar-refractivity contribution in [3.8, 4) is 6.07 Å². The first-order valence-electron chi connectivity index (χ1n) is 3.53. The van der Waals surface area contributed by atoms with Crippen molar-refractivity contribution in [3.05, 3.63) is 28.1 Å². The first-order valence-corrected chi connectivity index (χ1v) is 5.23. The average molecular weight is 226 g/mol. The third-order valence-electron chi connectivity index (χ3n) is 1.78. The van der Waals surface area contributed by atoms with E-state index in [0.29, 0.717) is 10.6 Å². The summed E-state index contributed by atoms with van der Waals surface area (Å²) >= 11 is 11.8. The SMILES string of the molecule is N#Cc1c(Cl)cc(S)c2sccc12. The molecule has 0 fully saturated rings. The van der Waals surface area contributed by atoms with E-state index in [2.05, 4.69) is 18.7 Å². The number of fused-ring (bicyclic) bond motifs is 1. The lowest BCUT2D eigenvalue weighted by Crippen LogP contribution is -1.79. The molecular weight excluding hydrogens is 222 g/mol. The summed E-state index contributed by atoms with van der Waals surface area (Å²) in [6, 6.07) is 5.70. The van der Waals surface area contributed by atoms with E-state index in [0.717, 1.165) is 15.0 Å². The minimum Gasteiger partial charge on any atom is -0.192 e. The van der Waals surface area contributed by atoms with Crippen LogP contribution >= 0.6 is 35.6 Å².